The third-order valence-corrected chi connectivity index (χ3v) is 9.13. The van der Waals surface area contributed by atoms with Gasteiger partial charge < -0.3 is 0 Å². The number of hydrogen-bond acceptors (Lipinski definition) is 1. The van der Waals surface area contributed by atoms with E-state index in [-0.39, 0.29) is 5.41 Å². The normalized spacial score (nSPS) is 19.7. The van der Waals surface area contributed by atoms with Gasteiger partial charge in [0, 0.05) is 11.5 Å². The van der Waals surface area contributed by atoms with E-state index >= 15 is 0 Å². The molecule has 2 heteroatoms. The molecule has 0 amide bonds. The Morgan fingerprint density at radius 2 is 1.47 bits per heavy atom. The predicted octanol–water partition coefficient (Wildman–Crippen LogP) is 5.98. The molecule has 1 unspecified atom stereocenters. The monoisotopic (exact) mass is 431 g/mol. The Labute approximate surface area is 192 Å². The van der Waals surface area contributed by atoms with Gasteiger partial charge in [0.25, 0.3) is 0 Å². The summed E-state index contributed by atoms with van der Waals surface area (Å²) in [6, 6.07) is 31.1. The number of aryl methyl sites for hydroxylation is 1. The van der Waals surface area contributed by atoms with Gasteiger partial charge in [-0.05, 0) is 60.6 Å². The van der Waals surface area contributed by atoms with Gasteiger partial charge in [0.1, 0.15) is 0 Å². The topological polar surface area (TPSA) is 23.8 Å². The van der Waals surface area contributed by atoms with Crippen molar-refractivity contribution in [2.24, 2.45) is 0 Å². The minimum absolute atomic E-state index is 0.134. The van der Waals surface area contributed by atoms with E-state index in [2.05, 4.69) is 97.1 Å². The zero-order chi connectivity index (χ0) is 21.8. The molecule has 2 aliphatic carbocycles. The maximum absolute atomic E-state index is 8.72. The summed E-state index contributed by atoms with van der Waals surface area (Å²) in [6.07, 6.45) is 14.7. The lowest BCUT2D eigenvalue weighted by atomic mass is 9.81. The molecule has 32 heavy (non-hydrogen) atoms. The number of fused-ring (bicyclic) bond motifs is 2. The van der Waals surface area contributed by atoms with E-state index in [0.29, 0.717) is 0 Å². The third-order valence-electron chi connectivity index (χ3n) is 6.65. The van der Waals surface area contributed by atoms with Crippen LogP contribution in [0.2, 0.25) is 0 Å². The molecule has 3 aromatic rings. The highest BCUT2D eigenvalue weighted by Gasteiger charge is 2.42. The first-order valence-electron chi connectivity index (χ1n) is 11.3. The fourth-order valence-corrected chi connectivity index (χ4v) is 7.91. The van der Waals surface area contributed by atoms with Gasteiger partial charge in [0.05, 0.1) is 6.07 Å². The first-order chi connectivity index (χ1) is 15.8. The number of rotatable bonds is 5. The van der Waals surface area contributed by atoms with Crippen molar-refractivity contribution in [2.45, 2.75) is 31.1 Å². The summed E-state index contributed by atoms with van der Waals surface area (Å²) in [6.45, 7) is 0. The molecule has 0 fully saturated rings. The summed E-state index contributed by atoms with van der Waals surface area (Å²) in [5.74, 6) is 0. The Morgan fingerprint density at radius 1 is 0.781 bits per heavy atom. The van der Waals surface area contributed by atoms with Crippen molar-refractivity contribution < 1.29 is 0 Å². The second-order valence-corrected chi connectivity index (χ2v) is 10.7. The standard InChI is InChI=1S/C30H26NP/c31-22-9-3-4-11-24-18-20-30(23-24)21-19-25-12-10-17-28(29(25)30)32(26-13-5-1-6-14-26)27-15-7-2-8-16-27/h1-17,23H,18-21H2. The molecule has 0 saturated carbocycles. The van der Waals surface area contributed by atoms with E-state index in [4.69, 9.17) is 5.26 Å². The van der Waals surface area contributed by atoms with E-state index < -0.39 is 7.92 Å². The van der Waals surface area contributed by atoms with Gasteiger partial charge in [-0.15, -0.1) is 0 Å². The maximum Gasteiger partial charge on any atom is 0.0912 e. The number of allylic oxidation sites excluding steroid dienone is 6. The van der Waals surface area contributed by atoms with Gasteiger partial charge in [-0.1, -0.05) is 109 Å². The van der Waals surface area contributed by atoms with Crippen LogP contribution < -0.4 is 15.9 Å². The second-order valence-electron chi connectivity index (χ2n) is 8.54. The van der Waals surface area contributed by atoms with Gasteiger partial charge >= 0.3 is 0 Å². The van der Waals surface area contributed by atoms with Gasteiger partial charge in [-0.25, -0.2) is 0 Å². The molecule has 0 aliphatic heterocycles. The molecule has 1 atom stereocenters. The third kappa shape index (κ3) is 3.88. The van der Waals surface area contributed by atoms with Crippen LogP contribution in [0, 0.1) is 11.3 Å². The number of nitriles is 1. The molecule has 0 saturated heterocycles. The molecule has 2 aliphatic rings. The average molecular weight is 432 g/mol. The van der Waals surface area contributed by atoms with Crippen molar-refractivity contribution in [2.75, 3.05) is 0 Å². The Hall–Kier alpha value is -3.20. The molecular weight excluding hydrogens is 405 g/mol. The van der Waals surface area contributed by atoms with Crippen LogP contribution in [0.4, 0.5) is 0 Å². The summed E-state index contributed by atoms with van der Waals surface area (Å²) >= 11 is 0. The van der Waals surface area contributed by atoms with Crippen LogP contribution in [-0.4, -0.2) is 0 Å². The first-order valence-corrected chi connectivity index (χ1v) is 12.6. The van der Waals surface area contributed by atoms with Crippen molar-refractivity contribution in [1.29, 1.82) is 5.26 Å². The lowest BCUT2D eigenvalue weighted by Gasteiger charge is -2.29. The first kappa shape index (κ1) is 20.7. The summed E-state index contributed by atoms with van der Waals surface area (Å²) in [5, 5.41) is 13.1. The van der Waals surface area contributed by atoms with Crippen molar-refractivity contribution in [1.82, 2.24) is 0 Å². The fraction of sp³-hybridized carbons (Fsp3) is 0.167. The molecule has 1 nitrogen and oxygen atoms in total. The van der Waals surface area contributed by atoms with Gasteiger partial charge in [-0.2, -0.15) is 5.26 Å². The fourth-order valence-electron chi connectivity index (χ4n) is 5.29. The summed E-state index contributed by atoms with van der Waals surface area (Å²) in [7, 11) is -0.616. The van der Waals surface area contributed by atoms with Crippen molar-refractivity contribution in [3.05, 3.63) is 126 Å². The van der Waals surface area contributed by atoms with Crippen LogP contribution >= 0.6 is 7.92 Å². The maximum atomic E-state index is 8.72. The van der Waals surface area contributed by atoms with Crippen LogP contribution in [0.5, 0.6) is 0 Å². The molecule has 0 bridgehead atoms. The van der Waals surface area contributed by atoms with E-state index in [1.807, 2.05) is 12.2 Å². The average Bonchev–Trinajstić information content (AvgIpc) is 3.43. The van der Waals surface area contributed by atoms with E-state index in [0.717, 1.165) is 12.8 Å². The van der Waals surface area contributed by atoms with Gasteiger partial charge in [0.15, 0.2) is 0 Å². The van der Waals surface area contributed by atoms with Crippen molar-refractivity contribution in [3.8, 4) is 6.07 Å². The molecule has 0 aromatic heterocycles. The highest BCUT2D eigenvalue weighted by molar-refractivity contribution is 7.79. The zero-order valence-corrected chi connectivity index (χ0v) is 19.0. The Kier molecular flexibility index (Phi) is 5.89. The Bertz CT molecular complexity index is 1190. The quantitative estimate of drug-likeness (QED) is 0.277. The van der Waals surface area contributed by atoms with Crippen LogP contribution in [-0.2, 0) is 11.8 Å². The molecule has 0 heterocycles. The molecule has 0 radical (unpaired) electrons. The van der Waals surface area contributed by atoms with Crippen LogP contribution in [0.25, 0.3) is 0 Å². The molecule has 5 rings (SSSR count). The summed E-state index contributed by atoms with van der Waals surface area (Å²) in [5.41, 5.74) is 4.62. The van der Waals surface area contributed by atoms with Crippen LogP contribution in [0.3, 0.4) is 0 Å². The number of benzene rings is 3. The van der Waals surface area contributed by atoms with Crippen molar-refractivity contribution >= 4 is 23.8 Å². The summed E-state index contributed by atoms with van der Waals surface area (Å²) in [4.78, 5) is 0. The molecule has 156 valence electrons. The van der Waals surface area contributed by atoms with Gasteiger partial charge in [0.2, 0.25) is 0 Å². The van der Waals surface area contributed by atoms with Gasteiger partial charge in [-0.3, -0.25) is 0 Å². The van der Waals surface area contributed by atoms with E-state index in [1.165, 1.54) is 46.0 Å². The predicted molar refractivity (Wildman–Crippen MR) is 136 cm³/mol. The highest BCUT2D eigenvalue weighted by Crippen LogP contribution is 2.51. The van der Waals surface area contributed by atoms with E-state index in [1.54, 1.807) is 5.56 Å². The molecular formula is C30H26NP. The number of nitrogens with zero attached hydrogens (tertiary/aromatic N) is 1. The lowest BCUT2D eigenvalue weighted by molar-refractivity contribution is 0.521. The van der Waals surface area contributed by atoms with E-state index in [9.17, 15) is 0 Å². The lowest BCUT2D eigenvalue weighted by Crippen LogP contribution is -2.29. The molecule has 1 spiro atoms. The molecule has 0 N–H and O–H groups in total. The second kappa shape index (κ2) is 9.12. The highest BCUT2D eigenvalue weighted by atomic mass is 31.1. The molecule has 3 aromatic carbocycles. The SMILES string of the molecule is N#CC=CC=CC1=CC2(CC1)CCc1cccc(P(c3ccccc3)c3ccccc3)c12. The largest absolute Gasteiger partial charge is 0.193 e. The van der Waals surface area contributed by atoms with Crippen LogP contribution in [0.1, 0.15) is 30.4 Å². The zero-order valence-electron chi connectivity index (χ0n) is 18.1. The minimum Gasteiger partial charge on any atom is -0.193 e. The Morgan fingerprint density at radius 3 is 2.16 bits per heavy atom. The number of hydrogen-bond donors (Lipinski definition) is 0. The Balaban J connectivity index is 1.63. The van der Waals surface area contributed by atoms with Crippen LogP contribution in [0.15, 0.2) is 115 Å². The summed E-state index contributed by atoms with van der Waals surface area (Å²) < 4.78 is 0. The smallest absolute Gasteiger partial charge is 0.0912 e. The van der Waals surface area contributed by atoms with Crippen molar-refractivity contribution in [3.63, 3.8) is 0 Å². The minimum atomic E-state index is -0.616.